The number of halogens is 3. The molecule has 0 spiro atoms. The fourth-order valence-electron chi connectivity index (χ4n) is 1.41. The van der Waals surface area contributed by atoms with Crippen LogP contribution >= 0.6 is 15.9 Å². The predicted octanol–water partition coefficient (Wildman–Crippen LogP) is 3.43. The Hall–Kier alpha value is -1.21. The van der Waals surface area contributed by atoms with Gasteiger partial charge >= 0.3 is 5.97 Å². The summed E-state index contributed by atoms with van der Waals surface area (Å²) in [4.78, 5) is 10.2. The fraction of sp³-hybridized carbons (Fsp3) is 0.462. The van der Waals surface area contributed by atoms with E-state index in [1.54, 1.807) is 0 Å². The van der Waals surface area contributed by atoms with Gasteiger partial charge in [-0.15, -0.1) is 0 Å². The summed E-state index contributed by atoms with van der Waals surface area (Å²) in [7, 11) is 0. The highest BCUT2D eigenvalue weighted by atomic mass is 79.9. The maximum atomic E-state index is 13.8. The number of carboxylic acids is 1. The lowest BCUT2D eigenvalue weighted by atomic mass is 10.1. The topological polar surface area (TPSA) is 55.8 Å². The lowest BCUT2D eigenvalue weighted by molar-refractivity contribution is -0.147. The second kappa shape index (κ2) is 7.54. The first-order valence-electron chi connectivity index (χ1n) is 5.97. The summed E-state index contributed by atoms with van der Waals surface area (Å²) in [5.74, 6) is -4.07. The van der Waals surface area contributed by atoms with Gasteiger partial charge < -0.3 is 14.6 Å². The third kappa shape index (κ3) is 5.05. The number of rotatable bonds is 8. The van der Waals surface area contributed by atoms with Crippen molar-refractivity contribution >= 4 is 21.9 Å². The molecular formula is C13H15BrF2O4. The number of aliphatic carboxylic acids is 1. The quantitative estimate of drug-likeness (QED) is 0.778. The van der Waals surface area contributed by atoms with E-state index < -0.39 is 25.1 Å². The van der Waals surface area contributed by atoms with Gasteiger partial charge in [-0.05, 0) is 40.5 Å². The van der Waals surface area contributed by atoms with Gasteiger partial charge in [0.1, 0.15) is 19.0 Å². The van der Waals surface area contributed by atoms with Crippen molar-refractivity contribution in [2.24, 2.45) is 0 Å². The lowest BCUT2D eigenvalue weighted by Gasteiger charge is -2.17. The van der Waals surface area contributed by atoms with Gasteiger partial charge in [-0.1, -0.05) is 6.92 Å². The van der Waals surface area contributed by atoms with Crippen molar-refractivity contribution in [2.75, 3.05) is 19.8 Å². The summed E-state index contributed by atoms with van der Waals surface area (Å²) >= 11 is 3.17. The molecule has 0 radical (unpaired) electrons. The standard InChI is InChI=1S/C13H15BrF2O4/c1-2-5-20-11-4-3-9(6-10(11)14)13(15,16)8-19-7-12(17)18/h3-4,6H,2,5,7-8H2,1H3,(H,17,18). The molecule has 0 fully saturated rings. The molecular weight excluding hydrogens is 338 g/mol. The van der Waals surface area contributed by atoms with Crippen molar-refractivity contribution in [3.8, 4) is 5.75 Å². The van der Waals surface area contributed by atoms with Crippen LogP contribution in [0.1, 0.15) is 18.9 Å². The van der Waals surface area contributed by atoms with Gasteiger partial charge in [-0.2, -0.15) is 8.78 Å². The van der Waals surface area contributed by atoms with E-state index >= 15 is 0 Å². The number of hydrogen-bond acceptors (Lipinski definition) is 3. The Morgan fingerprint density at radius 3 is 2.70 bits per heavy atom. The molecule has 1 N–H and O–H groups in total. The largest absolute Gasteiger partial charge is 0.492 e. The van der Waals surface area contributed by atoms with Crippen LogP contribution in [0.25, 0.3) is 0 Å². The highest BCUT2D eigenvalue weighted by molar-refractivity contribution is 9.10. The zero-order chi connectivity index (χ0) is 15.2. The Balaban J connectivity index is 2.74. The van der Waals surface area contributed by atoms with E-state index in [0.29, 0.717) is 16.8 Å². The first-order chi connectivity index (χ1) is 9.36. The molecule has 0 unspecified atom stereocenters. The number of carbonyl (C=O) groups is 1. The van der Waals surface area contributed by atoms with Gasteiger partial charge in [-0.25, -0.2) is 4.79 Å². The highest BCUT2D eigenvalue weighted by Crippen LogP contribution is 2.34. The van der Waals surface area contributed by atoms with Gasteiger partial charge in [0.2, 0.25) is 0 Å². The number of ether oxygens (including phenoxy) is 2. The van der Waals surface area contributed by atoms with E-state index in [9.17, 15) is 13.6 Å². The normalized spacial score (nSPS) is 11.4. The summed E-state index contributed by atoms with van der Waals surface area (Å²) in [6.45, 7) is 0.696. The van der Waals surface area contributed by atoms with E-state index in [4.69, 9.17) is 9.84 Å². The molecule has 112 valence electrons. The molecule has 0 amide bonds. The van der Waals surface area contributed by atoms with Crippen molar-refractivity contribution in [1.82, 2.24) is 0 Å². The summed E-state index contributed by atoms with van der Waals surface area (Å²) in [5.41, 5.74) is -0.265. The SMILES string of the molecule is CCCOc1ccc(C(F)(F)COCC(=O)O)cc1Br. The van der Waals surface area contributed by atoms with Gasteiger partial charge in [0.05, 0.1) is 11.1 Å². The van der Waals surface area contributed by atoms with Crippen LogP contribution in [-0.2, 0) is 15.5 Å². The Morgan fingerprint density at radius 1 is 1.45 bits per heavy atom. The molecule has 7 heteroatoms. The molecule has 1 aromatic carbocycles. The minimum atomic E-state index is -3.26. The molecule has 0 aliphatic carbocycles. The molecule has 0 heterocycles. The summed E-state index contributed by atoms with van der Waals surface area (Å²) in [6.07, 6.45) is 0.813. The summed E-state index contributed by atoms with van der Waals surface area (Å²) in [5, 5.41) is 8.35. The molecule has 0 bridgehead atoms. The third-order valence-electron chi connectivity index (χ3n) is 2.32. The zero-order valence-corrected chi connectivity index (χ0v) is 12.5. The molecule has 0 saturated heterocycles. The monoisotopic (exact) mass is 352 g/mol. The molecule has 20 heavy (non-hydrogen) atoms. The van der Waals surface area contributed by atoms with Crippen LogP contribution in [0.2, 0.25) is 0 Å². The van der Waals surface area contributed by atoms with E-state index in [2.05, 4.69) is 20.7 Å². The Bertz CT molecular complexity index is 466. The number of alkyl halides is 2. The molecule has 0 aromatic heterocycles. The Kier molecular flexibility index (Phi) is 6.35. The second-order valence-corrected chi connectivity index (χ2v) is 4.94. The minimum Gasteiger partial charge on any atom is -0.492 e. The molecule has 0 aliphatic rings. The molecule has 0 aliphatic heterocycles. The van der Waals surface area contributed by atoms with Gasteiger partial charge in [-0.3, -0.25) is 0 Å². The molecule has 1 aromatic rings. The number of benzene rings is 1. The Labute approximate surface area is 123 Å². The number of hydrogen-bond donors (Lipinski definition) is 1. The average molecular weight is 353 g/mol. The first-order valence-corrected chi connectivity index (χ1v) is 6.76. The van der Waals surface area contributed by atoms with E-state index in [1.807, 2.05) is 6.92 Å². The van der Waals surface area contributed by atoms with E-state index in [1.165, 1.54) is 18.2 Å². The highest BCUT2D eigenvalue weighted by Gasteiger charge is 2.32. The van der Waals surface area contributed by atoms with Crippen LogP contribution in [0.4, 0.5) is 8.78 Å². The minimum absolute atomic E-state index is 0.265. The van der Waals surface area contributed by atoms with Crippen LogP contribution in [0.3, 0.4) is 0 Å². The van der Waals surface area contributed by atoms with E-state index in [-0.39, 0.29) is 5.56 Å². The van der Waals surface area contributed by atoms with Gasteiger partial charge in [0.25, 0.3) is 5.92 Å². The third-order valence-corrected chi connectivity index (χ3v) is 2.94. The number of carboxylic acid groups (broad SMARTS) is 1. The molecule has 0 saturated carbocycles. The fourth-order valence-corrected chi connectivity index (χ4v) is 1.90. The van der Waals surface area contributed by atoms with Crippen LogP contribution in [0.15, 0.2) is 22.7 Å². The predicted molar refractivity (Wildman–Crippen MR) is 72.3 cm³/mol. The maximum Gasteiger partial charge on any atom is 0.329 e. The smallest absolute Gasteiger partial charge is 0.329 e. The van der Waals surface area contributed by atoms with Crippen molar-refractivity contribution in [3.63, 3.8) is 0 Å². The maximum absolute atomic E-state index is 13.8. The molecule has 1 rings (SSSR count). The summed E-state index contributed by atoms with van der Waals surface area (Å²) < 4.78 is 37.8. The zero-order valence-electron chi connectivity index (χ0n) is 10.9. The first kappa shape index (κ1) is 16.8. The van der Waals surface area contributed by atoms with Crippen LogP contribution in [0, 0.1) is 0 Å². The second-order valence-electron chi connectivity index (χ2n) is 4.08. The van der Waals surface area contributed by atoms with Crippen LogP contribution in [-0.4, -0.2) is 30.9 Å². The molecule has 0 atom stereocenters. The van der Waals surface area contributed by atoms with E-state index in [0.717, 1.165) is 6.42 Å². The Morgan fingerprint density at radius 2 is 2.15 bits per heavy atom. The van der Waals surface area contributed by atoms with Crippen molar-refractivity contribution in [2.45, 2.75) is 19.3 Å². The van der Waals surface area contributed by atoms with Gasteiger partial charge in [0.15, 0.2) is 0 Å². The average Bonchev–Trinajstić information content (AvgIpc) is 2.36. The van der Waals surface area contributed by atoms with Crippen molar-refractivity contribution < 1.29 is 28.2 Å². The van der Waals surface area contributed by atoms with Crippen LogP contribution < -0.4 is 4.74 Å². The molecule has 4 nitrogen and oxygen atoms in total. The van der Waals surface area contributed by atoms with Crippen LogP contribution in [0.5, 0.6) is 5.75 Å². The van der Waals surface area contributed by atoms with Crippen molar-refractivity contribution in [3.05, 3.63) is 28.2 Å². The van der Waals surface area contributed by atoms with Crippen molar-refractivity contribution in [1.29, 1.82) is 0 Å². The summed E-state index contributed by atoms with van der Waals surface area (Å²) in [6, 6.07) is 3.93. The van der Waals surface area contributed by atoms with Gasteiger partial charge in [0, 0.05) is 5.56 Å². The lowest BCUT2D eigenvalue weighted by Crippen LogP contribution is -2.23.